The first kappa shape index (κ1) is 19.3. The molecule has 132 valence electrons. The third kappa shape index (κ3) is 5.80. The molecule has 0 saturated carbocycles. The van der Waals surface area contributed by atoms with Gasteiger partial charge in [-0.3, -0.25) is 4.79 Å². The molecule has 0 aliphatic carbocycles. The van der Waals surface area contributed by atoms with Gasteiger partial charge in [-0.25, -0.2) is 4.79 Å². The fourth-order valence-corrected chi connectivity index (χ4v) is 3.06. The molecular formula is C19H20ClNO3S. The predicted octanol–water partition coefficient (Wildman–Crippen LogP) is 4.27. The lowest BCUT2D eigenvalue weighted by Gasteiger charge is -2.17. The summed E-state index contributed by atoms with van der Waals surface area (Å²) in [6, 6.07) is 14.9. The Labute approximate surface area is 157 Å². The zero-order chi connectivity index (χ0) is 18.4. The van der Waals surface area contributed by atoms with Crippen molar-refractivity contribution in [2.45, 2.75) is 23.7 Å². The van der Waals surface area contributed by atoms with Gasteiger partial charge in [0.1, 0.15) is 0 Å². The number of amides is 1. The largest absolute Gasteiger partial charge is 0.449 e. The first-order valence-corrected chi connectivity index (χ1v) is 9.12. The van der Waals surface area contributed by atoms with Crippen LogP contribution < -0.4 is 0 Å². The van der Waals surface area contributed by atoms with E-state index in [9.17, 15) is 9.59 Å². The molecule has 25 heavy (non-hydrogen) atoms. The number of hydrogen-bond donors (Lipinski definition) is 0. The van der Waals surface area contributed by atoms with E-state index in [1.54, 1.807) is 44.9 Å². The number of hydrogen-bond acceptors (Lipinski definition) is 4. The molecule has 0 saturated heterocycles. The molecule has 0 fully saturated rings. The number of esters is 1. The summed E-state index contributed by atoms with van der Waals surface area (Å²) in [6.07, 6.45) is -0.803. The molecule has 1 atom stereocenters. The van der Waals surface area contributed by atoms with Crippen molar-refractivity contribution in [3.05, 3.63) is 64.7 Å². The van der Waals surface area contributed by atoms with Gasteiger partial charge in [0.25, 0.3) is 5.91 Å². The third-order valence-electron chi connectivity index (χ3n) is 3.48. The van der Waals surface area contributed by atoms with E-state index >= 15 is 0 Å². The van der Waals surface area contributed by atoms with Gasteiger partial charge in [-0.05, 0) is 48.9 Å². The number of benzene rings is 2. The molecule has 0 heterocycles. The van der Waals surface area contributed by atoms with Crippen molar-refractivity contribution in [3.63, 3.8) is 0 Å². The summed E-state index contributed by atoms with van der Waals surface area (Å²) in [5.74, 6) is 0.0379. The van der Waals surface area contributed by atoms with Gasteiger partial charge in [-0.1, -0.05) is 23.7 Å². The summed E-state index contributed by atoms with van der Waals surface area (Å²) in [7, 11) is 3.25. The maximum Gasteiger partial charge on any atom is 0.338 e. The van der Waals surface area contributed by atoms with Crippen LogP contribution in [0.15, 0.2) is 53.4 Å². The van der Waals surface area contributed by atoms with Crippen molar-refractivity contribution >= 4 is 35.2 Å². The highest BCUT2D eigenvalue weighted by Crippen LogP contribution is 2.24. The number of thioether (sulfide) groups is 1. The molecule has 0 aliphatic rings. The van der Waals surface area contributed by atoms with E-state index in [-0.39, 0.29) is 5.91 Å². The van der Waals surface area contributed by atoms with Gasteiger partial charge in [-0.2, -0.15) is 0 Å². The zero-order valence-electron chi connectivity index (χ0n) is 14.4. The Morgan fingerprint density at radius 1 is 1.08 bits per heavy atom. The molecule has 0 spiro atoms. The quantitative estimate of drug-likeness (QED) is 0.557. The van der Waals surface area contributed by atoms with Crippen molar-refractivity contribution in [1.29, 1.82) is 0 Å². The van der Waals surface area contributed by atoms with Crippen LogP contribution in [-0.4, -0.2) is 37.0 Å². The highest BCUT2D eigenvalue weighted by Gasteiger charge is 2.20. The summed E-state index contributed by atoms with van der Waals surface area (Å²) in [6.45, 7) is 1.57. The molecule has 6 heteroatoms. The van der Waals surface area contributed by atoms with E-state index in [2.05, 4.69) is 0 Å². The average Bonchev–Trinajstić information content (AvgIpc) is 2.60. The van der Waals surface area contributed by atoms with Crippen LogP contribution in [0, 0.1) is 0 Å². The Morgan fingerprint density at radius 2 is 1.68 bits per heavy atom. The Morgan fingerprint density at radius 3 is 2.24 bits per heavy atom. The molecule has 0 N–H and O–H groups in total. The third-order valence-corrected chi connectivity index (χ3v) is 4.82. The summed E-state index contributed by atoms with van der Waals surface area (Å²) in [5.41, 5.74) is 1.52. The van der Waals surface area contributed by atoms with E-state index in [1.165, 1.54) is 4.90 Å². The molecule has 0 aliphatic heterocycles. The van der Waals surface area contributed by atoms with Crippen molar-refractivity contribution in [1.82, 2.24) is 4.90 Å². The molecule has 4 nitrogen and oxygen atoms in total. The molecule has 0 unspecified atom stereocenters. The van der Waals surface area contributed by atoms with E-state index < -0.39 is 12.1 Å². The first-order valence-electron chi connectivity index (χ1n) is 7.76. The summed E-state index contributed by atoms with van der Waals surface area (Å²) in [4.78, 5) is 26.4. The van der Waals surface area contributed by atoms with Gasteiger partial charge in [0.15, 0.2) is 6.10 Å². The lowest BCUT2D eigenvalue weighted by molar-refractivity contribution is -0.137. The lowest BCUT2D eigenvalue weighted by Crippen LogP contribution is -2.34. The second kappa shape index (κ2) is 8.92. The molecule has 1 amide bonds. The molecule has 0 aromatic heterocycles. The number of ether oxygens (including phenoxy) is 1. The van der Waals surface area contributed by atoms with Gasteiger partial charge in [-0.15, -0.1) is 11.8 Å². The van der Waals surface area contributed by atoms with Gasteiger partial charge in [0.2, 0.25) is 0 Å². The normalized spacial score (nSPS) is 11.7. The number of carbonyl (C=O) groups excluding carboxylic acids is 2. The Balaban J connectivity index is 1.91. The minimum atomic E-state index is -0.803. The van der Waals surface area contributed by atoms with Crippen LogP contribution in [0.1, 0.15) is 22.8 Å². The smallest absolute Gasteiger partial charge is 0.338 e. The SMILES string of the molecule is C[C@H](OC(=O)c1ccc(CSc2ccc(Cl)cc2)cc1)C(=O)N(C)C. The van der Waals surface area contributed by atoms with Gasteiger partial charge in [0, 0.05) is 29.8 Å². The minimum Gasteiger partial charge on any atom is -0.449 e. The van der Waals surface area contributed by atoms with Crippen LogP contribution in [-0.2, 0) is 15.3 Å². The van der Waals surface area contributed by atoms with E-state index in [1.807, 2.05) is 36.4 Å². The Kier molecular flexibility index (Phi) is 6.91. The molecule has 0 radical (unpaired) electrons. The van der Waals surface area contributed by atoms with Gasteiger partial charge < -0.3 is 9.64 Å². The summed E-state index contributed by atoms with van der Waals surface area (Å²) in [5, 5.41) is 0.717. The van der Waals surface area contributed by atoms with Crippen LogP contribution in [0.2, 0.25) is 5.02 Å². The predicted molar refractivity (Wildman–Crippen MR) is 101 cm³/mol. The maximum absolute atomic E-state index is 12.1. The number of carbonyl (C=O) groups is 2. The monoisotopic (exact) mass is 377 g/mol. The minimum absolute atomic E-state index is 0.246. The summed E-state index contributed by atoms with van der Waals surface area (Å²) >= 11 is 7.56. The van der Waals surface area contributed by atoms with Crippen molar-refractivity contribution in [3.8, 4) is 0 Å². The highest BCUT2D eigenvalue weighted by atomic mass is 35.5. The second-order valence-electron chi connectivity index (χ2n) is 5.72. The van der Waals surface area contributed by atoms with Crippen LogP contribution in [0.5, 0.6) is 0 Å². The molecule has 2 aromatic carbocycles. The van der Waals surface area contributed by atoms with Crippen LogP contribution in [0.3, 0.4) is 0 Å². The van der Waals surface area contributed by atoms with E-state index in [4.69, 9.17) is 16.3 Å². The van der Waals surface area contributed by atoms with E-state index in [0.29, 0.717) is 10.6 Å². The topological polar surface area (TPSA) is 46.6 Å². The average molecular weight is 378 g/mol. The Hall–Kier alpha value is -1.98. The highest BCUT2D eigenvalue weighted by molar-refractivity contribution is 7.98. The fraction of sp³-hybridized carbons (Fsp3) is 0.263. The molecular weight excluding hydrogens is 358 g/mol. The molecule has 0 bridgehead atoms. The lowest BCUT2D eigenvalue weighted by atomic mass is 10.1. The molecule has 2 aromatic rings. The van der Waals surface area contributed by atoms with E-state index in [0.717, 1.165) is 16.2 Å². The Bertz CT molecular complexity index is 729. The van der Waals surface area contributed by atoms with Crippen LogP contribution in [0.4, 0.5) is 0 Å². The number of likely N-dealkylation sites (N-methyl/N-ethyl adjacent to an activating group) is 1. The van der Waals surface area contributed by atoms with Crippen LogP contribution >= 0.6 is 23.4 Å². The van der Waals surface area contributed by atoms with Crippen molar-refractivity contribution in [2.75, 3.05) is 14.1 Å². The number of nitrogens with zero attached hydrogens (tertiary/aromatic N) is 1. The number of rotatable bonds is 6. The molecule has 2 rings (SSSR count). The van der Waals surface area contributed by atoms with Crippen molar-refractivity contribution < 1.29 is 14.3 Å². The fourth-order valence-electron chi connectivity index (χ4n) is 2.08. The standard InChI is InChI=1S/C19H20ClNO3S/c1-13(18(22)21(2)3)24-19(23)15-6-4-14(5-7-15)12-25-17-10-8-16(20)9-11-17/h4-11,13H,12H2,1-3H3/t13-/m0/s1. The summed E-state index contributed by atoms with van der Waals surface area (Å²) < 4.78 is 5.19. The van der Waals surface area contributed by atoms with Crippen molar-refractivity contribution in [2.24, 2.45) is 0 Å². The zero-order valence-corrected chi connectivity index (χ0v) is 15.9. The van der Waals surface area contributed by atoms with Gasteiger partial charge >= 0.3 is 5.97 Å². The van der Waals surface area contributed by atoms with Gasteiger partial charge in [0.05, 0.1) is 5.56 Å². The number of halogens is 1. The maximum atomic E-state index is 12.1. The first-order chi connectivity index (χ1) is 11.9. The van der Waals surface area contributed by atoms with Crippen LogP contribution in [0.25, 0.3) is 0 Å². The second-order valence-corrected chi connectivity index (χ2v) is 7.20.